The van der Waals surface area contributed by atoms with Crippen LogP contribution in [0.2, 0.25) is 0 Å². The summed E-state index contributed by atoms with van der Waals surface area (Å²) in [5, 5.41) is 33.7. The van der Waals surface area contributed by atoms with E-state index < -0.39 is 143 Å². The number of nitrogens with two attached hydrogens (primary N) is 13. The van der Waals surface area contributed by atoms with Crippen LogP contribution in [0.3, 0.4) is 0 Å². The summed E-state index contributed by atoms with van der Waals surface area (Å²) in [4.78, 5) is 163. The van der Waals surface area contributed by atoms with Gasteiger partial charge in [0, 0.05) is 39.3 Å². The minimum atomic E-state index is -1.45. The van der Waals surface area contributed by atoms with E-state index in [0.29, 0.717) is 6.42 Å². The number of carboxylic acid groups (broad SMARTS) is 1. The monoisotopic (exact) mass is 1350 g/mol. The Kier molecular flexibility index (Phi) is 40.9. The lowest BCUT2D eigenvalue weighted by Crippen LogP contribution is -2.62. The summed E-state index contributed by atoms with van der Waals surface area (Å²) in [5.74, 6) is -12.7. The van der Waals surface area contributed by atoms with E-state index in [0.717, 1.165) is 0 Å². The number of nitrogens with one attached hydrogen (secondary N) is 9. The van der Waals surface area contributed by atoms with Gasteiger partial charge < -0.3 is 127 Å². The fraction of sp³-hybridized carbons (Fsp3) is 0.714. The Morgan fingerprint density at radius 3 is 0.684 bits per heavy atom. The Morgan fingerprint density at radius 1 is 0.274 bits per heavy atom. The van der Waals surface area contributed by atoms with Crippen LogP contribution in [0, 0.1) is 23.7 Å². The molecule has 0 bridgehead atoms. The minimum Gasteiger partial charge on any atom is -0.480 e. The topological polar surface area (TPSA) is 712 Å². The molecule has 9 amide bonds. The molecule has 0 fully saturated rings. The number of hydrogen-bond donors (Lipinski definition) is 23. The van der Waals surface area contributed by atoms with Gasteiger partial charge in [0.1, 0.15) is 54.4 Å². The van der Waals surface area contributed by atoms with Crippen molar-refractivity contribution in [2.24, 2.45) is 128 Å². The van der Waals surface area contributed by atoms with Crippen molar-refractivity contribution in [1.82, 2.24) is 47.9 Å². The maximum absolute atomic E-state index is 14.6. The van der Waals surface area contributed by atoms with Gasteiger partial charge in [-0.2, -0.15) is 0 Å². The van der Waals surface area contributed by atoms with E-state index in [1.807, 2.05) is 0 Å². The summed E-state index contributed by atoms with van der Waals surface area (Å²) >= 11 is 0. The fourth-order valence-corrected chi connectivity index (χ4v) is 8.98. The molecule has 0 aromatic heterocycles. The zero-order chi connectivity index (χ0) is 72.7. The maximum Gasteiger partial charge on any atom is 0.326 e. The SMILES string of the molecule is CC(C)[C@H](NC(=O)[C@H](CCCN=C(N)N)NC(=O)[C@H](CCCN=C(N)N)NC(=O)[C@@H](NC(=O)[C@@H](NC(=O)[C@H](CCCN=C(N)N)NC(=O)[C@@H](N)CCCN=C(N)N)C(C)C)C(C)C)C(=O)N[C@H](C(=O)N[C@@H](CCCN=C(N)N)C(=O)N[C@@H](CCCN=C(N)N)C(=O)O)C(C)C. The molecule has 95 heavy (non-hydrogen) atoms. The first-order chi connectivity index (χ1) is 44.4. The van der Waals surface area contributed by atoms with Gasteiger partial charge in [0.15, 0.2) is 35.8 Å². The summed E-state index contributed by atoms with van der Waals surface area (Å²) in [5.41, 5.74) is 71.9. The third kappa shape index (κ3) is 36.9. The third-order valence-corrected chi connectivity index (χ3v) is 14.2. The molecule has 0 aromatic carbocycles. The first-order valence-electron chi connectivity index (χ1n) is 31.4. The number of aliphatic imine (C=N–C) groups is 6. The van der Waals surface area contributed by atoms with Gasteiger partial charge >= 0.3 is 5.97 Å². The molecule has 0 rings (SSSR count). The maximum atomic E-state index is 14.6. The second-order valence-electron chi connectivity index (χ2n) is 23.9. The van der Waals surface area contributed by atoms with Gasteiger partial charge in [0.05, 0.1) is 6.04 Å². The van der Waals surface area contributed by atoms with Crippen molar-refractivity contribution in [2.45, 2.75) is 193 Å². The number of aliphatic carboxylic acids is 1. The average molecular weight is 1350 g/mol. The molecule has 0 aliphatic rings. The molecular weight excluding hydrogens is 1240 g/mol. The highest BCUT2D eigenvalue weighted by Gasteiger charge is 2.38. The van der Waals surface area contributed by atoms with Crippen LogP contribution in [0.4, 0.5) is 0 Å². The van der Waals surface area contributed by atoms with E-state index in [-0.39, 0.29) is 146 Å². The molecule has 540 valence electrons. The summed E-state index contributed by atoms with van der Waals surface area (Å²) in [7, 11) is 0. The number of guanidine groups is 6. The Balaban J connectivity index is 7.09. The number of carbonyl (C=O) groups is 10. The van der Waals surface area contributed by atoms with Crippen LogP contribution in [-0.2, 0) is 47.9 Å². The molecule has 0 aromatic rings. The van der Waals surface area contributed by atoms with Crippen molar-refractivity contribution in [3.05, 3.63) is 0 Å². The first-order valence-corrected chi connectivity index (χ1v) is 31.4. The van der Waals surface area contributed by atoms with Crippen LogP contribution in [0.15, 0.2) is 30.0 Å². The lowest BCUT2D eigenvalue weighted by molar-refractivity contribution is -0.142. The number of amides is 9. The molecule has 36 N–H and O–H groups in total. The average Bonchev–Trinajstić information content (AvgIpc) is 0.878. The van der Waals surface area contributed by atoms with Crippen molar-refractivity contribution in [3.8, 4) is 0 Å². The Bertz CT molecular complexity index is 2660. The highest BCUT2D eigenvalue weighted by Crippen LogP contribution is 2.14. The molecule has 0 aliphatic heterocycles. The van der Waals surface area contributed by atoms with E-state index in [1.165, 1.54) is 0 Å². The van der Waals surface area contributed by atoms with E-state index in [4.69, 9.17) is 74.5 Å². The van der Waals surface area contributed by atoms with Gasteiger partial charge in [0.2, 0.25) is 53.2 Å². The molecule has 0 saturated heterocycles. The molecule has 0 spiro atoms. The van der Waals surface area contributed by atoms with Crippen LogP contribution in [0.25, 0.3) is 0 Å². The second-order valence-corrected chi connectivity index (χ2v) is 23.9. The summed E-state index contributed by atoms with van der Waals surface area (Å²) < 4.78 is 0. The summed E-state index contributed by atoms with van der Waals surface area (Å²) in [6.45, 7) is 13.3. The predicted octanol–water partition coefficient (Wildman–Crippen LogP) is -8.29. The second kappa shape index (κ2) is 45.6. The van der Waals surface area contributed by atoms with E-state index in [9.17, 15) is 53.1 Å². The highest BCUT2D eigenvalue weighted by atomic mass is 16.4. The molecule has 39 nitrogen and oxygen atoms in total. The summed E-state index contributed by atoms with van der Waals surface area (Å²) in [6.07, 6.45) is 0.815. The van der Waals surface area contributed by atoms with Gasteiger partial charge in [-0.15, -0.1) is 0 Å². The number of carboxylic acids is 1. The normalized spacial score (nSPS) is 14.2. The van der Waals surface area contributed by atoms with Gasteiger partial charge in [0.25, 0.3) is 0 Å². The molecule has 0 radical (unpaired) electrons. The van der Waals surface area contributed by atoms with Gasteiger partial charge in [-0.3, -0.25) is 73.1 Å². The number of carbonyl (C=O) groups excluding carboxylic acids is 9. The zero-order valence-electron chi connectivity index (χ0n) is 56.0. The smallest absolute Gasteiger partial charge is 0.326 e. The number of hydrogen-bond acceptors (Lipinski definition) is 17. The molecular formula is C56H110N28O11. The Morgan fingerprint density at radius 2 is 0.453 bits per heavy atom. The molecule has 0 unspecified atom stereocenters. The van der Waals surface area contributed by atoms with Crippen LogP contribution < -0.4 is 122 Å². The van der Waals surface area contributed by atoms with Crippen LogP contribution >= 0.6 is 0 Å². The Hall–Kier alpha value is -9.72. The van der Waals surface area contributed by atoms with Crippen molar-refractivity contribution in [1.29, 1.82) is 0 Å². The molecule has 0 heterocycles. The number of nitrogens with zero attached hydrogens (tertiary/aromatic N) is 6. The van der Waals surface area contributed by atoms with Crippen molar-refractivity contribution in [3.63, 3.8) is 0 Å². The lowest BCUT2D eigenvalue weighted by atomic mass is 9.98. The lowest BCUT2D eigenvalue weighted by Gasteiger charge is -2.30. The third-order valence-electron chi connectivity index (χ3n) is 14.2. The Labute approximate surface area is 554 Å². The van der Waals surface area contributed by atoms with Crippen LogP contribution in [0.5, 0.6) is 0 Å². The molecule has 10 atom stereocenters. The number of rotatable bonds is 47. The van der Waals surface area contributed by atoms with Crippen molar-refractivity contribution >= 4 is 94.9 Å². The quantitative estimate of drug-likeness (QED) is 0.0153. The van der Waals surface area contributed by atoms with Crippen molar-refractivity contribution < 1.29 is 53.1 Å². The van der Waals surface area contributed by atoms with Crippen LogP contribution in [-0.4, -0.2) is 200 Å². The van der Waals surface area contributed by atoms with E-state index in [1.54, 1.807) is 55.4 Å². The van der Waals surface area contributed by atoms with Gasteiger partial charge in [-0.1, -0.05) is 55.4 Å². The molecule has 0 saturated carbocycles. The van der Waals surface area contributed by atoms with E-state index in [2.05, 4.69) is 77.8 Å². The largest absolute Gasteiger partial charge is 0.480 e. The zero-order valence-corrected chi connectivity index (χ0v) is 56.0. The molecule has 39 heteroatoms. The first kappa shape index (κ1) is 85.3. The summed E-state index contributed by atoms with van der Waals surface area (Å²) in [6, 6.07) is -13.4. The predicted molar refractivity (Wildman–Crippen MR) is 362 cm³/mol. The highest BCUT2D eigenvalue weighted by molar-refractivity contribution is 5.99. The minimum absolute atomic E-state index is 0.00650. The van der Waals surface area contributed by atoms with Crippen molar-refractivity contribution in [2.75, 3.05) is 39.3 Å². The van der Waals surface area contributed by atoms with Crippen LogP contribution in [0.1, 0.15) is 132 Å². The standard InChI is InChI=1S/C56H110N28O11/c1-27(2)37(83-48(92)39(29(5)6)81-44(88)34(18-12-24-73-54(64)65)76-41(85)31(57)15-9-21-70-51(58)59)46(90)78-32(16-10-22-71-52(60)61)42(86)77-35(19-13-25-74-55(66)67)45(89)82-40(30(7)8)49(93)84-38(28(3)4)47(91)79-33(17-11-23-72-53(62)63)43(87)80-36(50(94)95)20-14-26-75-56(68)69/h27-40H,9-26,57H2,1-8H3,(H,76,85)(H,77,86)(H,78,90)(H,79,91)(H,80,87)(H,81,88)(H,82,89)(H,83,92)(H,84,93)(H,94,95)(H4,58,59,70)(H4,60,61,71)(H4,62,63,72)(H4,64,65,73)(H4,66,67,74)(H4,68,69,75)/t31-,32-,33-,34-,35-,36-,37-,38-,39-,40-/m0/s1. The van der Waals surface area contributed by atoms with E-state index >= 15 is 0 Å². The van der Waals surface area contributed by atoms with Gasteiger partial charge in [-0.05, 0) is 101 Å². The van der Waals surface area contributed by atoms with Gasteiger partial charge in [-0.25, -0.2) is 4.79 Å². The fourth-order valence-electron chi connectivity index (χ4n) is 8.98. The molecule has 0 aliphatic carbocycles.